The average molecular weight is 443 g/mol. The molecule has 0 radical (unpaired) electrons. The number of anilines is 1. The standard InChI is InChI=1S/C24H24ClFN2O3/c1-30-22-11-8-17(14-23(22)31-2)12-13-28(16-18-6-9-19(25)10-7-18)24(29)27-21-5-3-4-20(26)15-21/h3-11,14-15H,12-13,16H2,1-2H3,(H,27,29). The molecule has 0 atom stereocenters. The molecule has 0 unspecified atom stereocenters. The predicted octanol–water partition coefficient (Wildman–Crippen LogP) is 5.77. The minimum Gasteiger partial charge on any atom is -0.493 e. The van der Waals surface area contributed by atoms with Crippen molar-refractivity contribution in [3.8, 4) is 11.5 Å². The molecule has 0 saturated carbocycles. The Morgan fingerprint density at radius 3 is 2.35 bits per heavy atom. The van der Waals surface area contributed by atoms with Gasteiger partial charge in [0.2, 0.25) is 0 Å². The Balaban J connectivity index is 1.76. The van der Waals surface area contributed by atoms with Crippen LogP contribution in [0.4, 0.5) is 14.9 Å². The topological polar surface area (TPSA) is 50.8 Å². The second-order valence-corrected chi connectivity index (χ2v) is 7.36. The molecule has 0 saturated heterocycles. The lowest BCUT2D eigenvalue weighted by molar-refractivity contribution is 0.210. The third-order valence-corrected chi connectivity index (χ3v) is 5.02. The Bertz CT molecular complexity index is 1030. The lowest BCUT2D eigenvalue weighted by Crippen LogP contribution is -2.36. The first-order valence-corrected chi connectivity index (χ1v) is 10.1. The molecule has 3 rings (SSSR count). The van der Waals surface area contributed by atoms with Crippen LogP contribution in [0.2, 0.25) is 5.02 Å². The van der Waals surface area contributed by atoms with Gasteiger partial charge in [-0.3, -0.25) is 0 Å². The highest BCUT2D eigenvalue weighted by Crippen LogP contribution is 2.28. The van der Waals surface area contributed by atoms with E-state index in [2.05, 4.69) is 5.32 Å². The van der Waals surface area contributed by atoms with Crippen LogP contribution < -0.4 is 14.8 Å². The summed E-state index contributed by atoms with van der Waals surface area (Å²) >= 11 is 5.98. The van der Waals surface area contributed by atoms with Crippen molar-refractivity contribution in [2.75, 3.05) is 26.1 Å². The Morgan fingerprint density at radius 2 is 1.68 bits per heavy atom. The fourth-order valence-corrected chi connectivity index (χ4v) is 3.26. The molecule has 2 amide bonds. The van der Waals surface area contributed by atoms with Crippen LogP contribution in [0, 0.1) is 5.82 Å². The number of nitrogens with one attached hydrogen (secondary N) is 1. The summed E-state index contributed by atoms with van der Waals surface area (Å²) < 4.78 is 24.1. The van der Waals surface area contributed by atoms with Crippen molar-refractivity contribution in [2.45, 2.75) is 13.0 Å². The number of halogens is 2. The number of hydrogen-bond acceptors (Lipinski definition) is 3. The lowest BCUT2D eigenvalue weighted by Gasteiger charge is -2.24. The fraction of sp³-hybridized carbons (Fsp3) is 0.208. The van der Waals surface area contributed by atoms with E-state index in [4.69, 9.17) is 21.1 Å². The van der Waals surface area contributed by atoms with E-state index >= 15 is 0 Å². The second kappa shape index (κ2) is 10.7. The molecule has 0 aromatic heterocycles. The number of benzene rings is 3. The molecule has 162 valence electrons. The number of carbonyl (C=O) groups is 1. The number of carbonyl (C=O) groups excluding carboxylic acids is 1. The molecule has 5 nitrogen and oxygen atoms in total. The van der Waals surface area contributed by atoms with E-state index < -0.39 is 5.82 Å². The Morgan fingerprint density at radius 1 is 0.968 bits per heavy atom. The zero-order valence-corrected chi connectivity index (χ0v) is 18.2. The van der Waals surface area contributed by atoms with Crippen molar-refractivity contribution < 1.29 is 18.7 Å². The zero-order valence-electron chi connectivity index (χ0n) is 17.4. The van der Waals surface area contributed by atoms with Gasteiger partial charge in [0.1, 0.15) is 5.82 Å². The summed E-state index contributed by atoms with van der Waals surface area (Å²) in [4.78, 5) is 14.6. The summed E-state index contributed by atoms with van der Waals surface area (Å²) in [6.45, 7) is 0.824. The summed E-state index contributed by atoms with van der Waals surface area (Å²) in [6.07, 6.45) is 0.602. The van der Waals surface area contributed by atoms with Crippen LogP contribution in [-0.2, 0) is 13.0 Å². The molecule has 0 spiro atoms. The number of nitrogens with zero attached hydrogens (tertiary/aromatic N) is 1. The van der Waals surface area contributed by atoms with Crippen LogP contribution in [0.25, 0.3) is 0 Å². The van der Waals surface area contributed by atoms with Crippen molar-refractivity contribution in [1.82, 2.24) is 4.90 Å². The van der Waals surface area contributed by atoms with E-state index in [9.17, 15) is 9.18 Å². The normalized spacial score (nSPS) is 10.5. The molecule has 0 heterocycles. The SMILES string of the molecule is COc1ccc(CCN(Cc2ccc(Cl)cc2)C(=O)Nc2cccc(F)c2)cc1OC. The maximum absolute atomic E-state index is 13.5. The van der Waals surface area contributed by atoms with Crippen molar-refractivity contribution in [3.05, 3.63) is 88.7 Å². The molecule has 0 fully saturated rings. The first-order valence-electron chi connectivity index (χ1n) is 9.75. The highest BCUT2D eigenvalue weighted by atomic mass is 35.5. The maximum atomic E-state index is 13.5. The monoisotopic (exact) mass is 442 g/mol. The fourth-order valence-electron chi connectivity index (χ4n) is 3.13. The third-order valence-electron chi connectivity index (χ3n) is 4.77. The highest BCUT2D eigenvalue weighted by Gasteiger charge is 2.15. The molecular weight excluding hydrogens is 419 g/mol. The van der Waals surface area contributed by atoms with Crippen LogP contribution in [0.15, 0.2) is 66.7 Å². The second-order valence-electron chi connectivity index (χ2n) is 6.93. The van der Waals surface area contributed by atoms with Gasteiger partial charge in [0.15, 0.2) is 11.5 Å². The molecule has 3 aromatic carbocycles. The first kappa shape index (κ1) is 22.4. The highest BCUT2D eigenvalue weighted by molar-refractivity contribution is 6.30. The first-order chi connectivity index (χ1) is 15.0. The van der Waals surface area contributed by atoms with Gasteiger partial charge in [0.05, 0.1) is 14.2 Å². The summed E-state index contributed by atoms with van der Waals surface area (Å²) in [5.41, 5.74) is 2.33. The third kappa shape index (κ3) is 6.36. The Kier molecular flexibility index (Phi) is 7.73. The van der Waals surface area contributed by atoms with Gasteiger partial charge in [-0.25, -0.2) is 9.18 Å². The number of methoxy groups -OCH3 is 2. The van der Waals surface area contributed by atoms with Crippen molar-refractivity contribution in [3.63, 3.8) is 0 Å². The average Bonchev–Trinajstić information content (AvgIpc) is 2.77. The van der Waals surface area contributed by atoms with Gasteiger partial charge < -0.3 is 19.7 Å². The van der Waals surface area contributed by atoms with Crippen molar-refractivity contribution >= 4 is 23.3 Å². The zero-order chi connectivity index (χ0) is 22.2. The van der Waals surface area contributed by atoms with Crippen LogP contribution in [-0.4, -0.2) is 31.7 Å². The van der Waals surface area contributed by atoms with Gasteiger partial charge in [-0.2, -0.15) is 0 Å². The van der Waals surface area contributed by atoms with E-state index in [-0.39, 0.29) is 6.03 Å². The number of rotatable bonds is 8. The van der Waals surface area contributed by atoms with E-state index in [0.29, 0.717) is 41.7 Å². The molecule has 31 heavy (non-hydrogen) atoms. The number of hydrogen-bond donors (Lipinski definition) is 1. The molecular formula is C24H24ClFN2O3. The minimum absolute atomic E-state index is 0.318. The Hall–Kier alpha value is -3.25. The van der Waals surface area contributed by atoms with Crippen molar-refractivity contribution in [1.29, 1.82) is 0 Å². The summed E-state index contributed by atoms with van der Waals surface area (Å²) in [5, 5.41) is 3.40. The lowest BCUT2D eigenvalue weighted by atomic mass is 10.1. The van der Waals surface area contributed by atoms with Crippen LogP contribution in [0.3, 0.4) is 0 Å². The van der Waals surface area contributed by atoms with E-state index in [0.717, 1.165) is 11.1 Å². The van der Waals surface area contributed by atoms with Gasteiger partial charge >= 0.3 is 6.03 Å². The molecule has 7 heteroatoms. The number of urea groups is 1. The van der Waals surface area contributed by atoms with Crippen LogP contribution in [0.1, 0.15) is 11.1 Å². The van der Waals surface area contributed by atoms with Gasteiger partial charge in [-0.05, 0) is 60.0 Å². The van der Waals surface area contributed by atoms with Gasteiger partial charge in [0, 0.05) is 23.8 Å². The van der Waals surface area contributed by atoms with E-state index in [1.807, 2.05) is 30.3 Å². The smallest absolute Gasteiger partial charge is 0.322 e. The molecule has 3 aromatic rings. The number of ether oxygens (including phenoxy) is 2. The largest absolute Gasteiger partial charge is 0.493 e. The Labute approximate surface area is 186 Å². The molecule has 0 bridgehead atoms. The summed E-state index contributed by atoms with van der Waals surface area (Å²) in [6, 6.07) is 18.5. The predicted molar refractivity (Wildman–Crippen MR) is 121 cm³/mol. The van der Waals surface area contributed by atoms with Gasteiger partial charge in [0.25, 0.3) is 0 Å². The van der Waals surface area contributed by atoms with Crippen LogP contribution in [0.5, 0.6) is 11.5 Å². The minimum atomic E-state index is -0.410. The summed E-state index contributed by atoms with van der Waals surface area (Å²) in [7, 11) is 3.17. The van der Waals surface area contributed by atoms with Crippen LogP contribution >= 0.6 is 11.6 Å². The van der Waals surface area contributed by atoms with Gasteiger partial charge in [-0.15, -0.1) is 0 Å². The molecule has 0 aliphatic heterocycles. The quantitative estimate of drug-likeness (QED) is 0.481. The number of amides is 2. The summed E-state index contributed by atoms with van der Waals surface area (Å²) in [5.74, 6) is 0.869. The van der Waals surface area contributed by atoms with Gasteiger partial charge in [-0.1, -0.05) is 35.9 Å². The molecule has 1 N–H and O–H groups in total. The maximum Gasteiger partial charge on any atom is 0.322 e. The molecule has 0 aliphatic carbocycles. The van der Waals surface area contributed by atoms with E-state index in [1.54, 1.807) is 43.4 Å². The van der Waals surface area contributed by atoms with E-state index in [1.165, 1.54) is 12.1 Å². The van der Waals surface area contributed by atoms with Crippen molar-refractivity contribution in [2.24, 2.45) is 0 Å². The molecule has 0 aliphatic rings.